The maximum absolute atomic E-state index is 12.4. The van der Waals surface area contributed by atoms with Crippen molar-refractivity contribution in [2.24, 2.45) is 5.10 Å². The monoisotopic (exact) mass is 531 g/mol. The normalized spacial score (nSPS) is 10.8. The first-order valence-electron chi connectivity index (χ1n) is 10.7. The number of carbonyl (C=O) groups is 2. The SMILES string of the molecule is COc1cc(/C=N\NC(=O)CNc2cccc3ccccc23)ccc1OC(=O)c1ccc(Br)cc1. The zero-order valence-electron chi connectivity index (χ0n) is 18.8. The van der Waals surface area contributed by atoms with Gasteiger partial charge >= 0.3 is 5.97 Å². The summed E-state index contributed by atoms with van der Waals surface area (Å²) in [6.07, 6.45) is 1.48. The van der Waals surface area contributed by atoms with Crippen molar-refractivity contribution in [2.45, 2.75) is 0 Å². The van der Waals surface area contributed by atoms with Crippen LogP contribution in [0.5, 0.6) is 11.5 Å². The zero-order valence-corrected chi connectivity index (χ0v) is 20.4. The van der Waals surface area contributed by atoms with Gasteiger partial charge in [-0.15, -0.1) is 0 Å². The van der Waals surface area contributed by atoms with E-state index in [1.54, 1.807) is 42.5 Å². The maximum Gasteiger partial charge on any atom is 0.343 e. The lowest BCUT2D eigenvalue weighted by Gasteiger charge is -2.10. The second kappa shape index (κ2) is 11.3. The molecule has 0 atom stereocenters. The molecule has 0 unspecified atom stereocenters. The first-order valence-corrected chi connectivity index (χ1v) is 11.5. The van der Waals surface area contributed by atoms with Gasteiger partial charge in [-0.2, -0.15) is 5.10 Å². The standard InChI is InChI=1S/C27H22BrN3O4/c1-34-25-15-18(9-14-24(25)35-27(33)20-10-12-21(28)13-11-20)16-30-31-26(32)17-29-23-8-4-6-19-5-2-3-7-22(19)23/h2-16,29H,17H2,1H3,(H,31,32)/b30-16-. The van der Waals surface area contributed by atoms with Gasteiger partial charge in [-0.1, -0.05) is 52.3 Å². The Labute approximate surface area is 210 Å². The fraction of sp³-hybridized carbons (Fsp3) is 0.0741. The Kier molecular flexibility index (Phi) is 7.74. The van der Waals surface area contributed by atoms with E-state index >= 15 is 0 Å². The number of hydrazone groups is 1. The number of esters is 1. The summed E-state index contributed by atoms with van der Waals surface area (Å²) >= 11 is 3.34. The smallest absolute Gasteiger partial charge is 0.343 e. The largest absolute Gasteiger partial charge is 0.493 e. The van der Waals surface area contributed by atoms with E-state index in [1.165, 1.54) is 13.3 Å². The molecule has 7 nitrogen and oxygen atoms in total. The van der Waals surface area contributed by atoms with Gasteiger partial charge in [0.05, 0.1) is 25.4 Å². The molecule has 35 heavy (non-hydrogen) atoms. The molecule has 4 rings (SSSR count). The zero-order chi connectivity index (χ0) is 24.6. The van der Waals surface area contributed by atoms with Crippen molar-refractivity contribution >= 4 is 50.5 Å². The minimum atomic E-state index is -0.497. The lowest BCUT2D eigenvalue weighted by atomic mass is 10.1. The van der Waals surface area contributed by atoms with Gasteiger partial charge in [0, 0.05) is 15.5 Å². The Hall–Kier alpha value is -4.17. The van der Waals surface area contributed by atoms with Crippen molar-refractivity contribution in [2.75, 3.05) is 19.0 Å². The van der Waals surface area contributed by atoms with Crippen LogP contribution in [0.4, 0.5) is 5.69 Å². The van der Waals surface area contributed by atoms with E-state index in [0.717, 1.165) is 20.9 Å². The Balaban J connectivity index is 1.34. The fourth-order valence-electron chi connectivity index (χ4n) is 3.37. The number of ether oxygens (including phenoxy) is 2. The first kappa shape index (κ1) is 24.0. The van der Waals surface area contributed by atoms with Crippen LogP contribution >= 0.6 is 15.9 Å². The van der Waals surface area contributed by atoms with Crippen molar-refractivity contribution in [3.05, 3.63) is 101 Å². The molecule has 0 spiro atoms. The lowest BCUT2D eigenvalue weighted by Crippen LogP contribution is -2.25. The molecule has 0 aromatic heterocycles. The molecule has 176 valence electrons. The van der Waals surface area contributed by atoms with Crippen molar-refractivity contribution < 1.29 is 19.1 Å². The van der Waals surface area contributed by atoms with Crippen LogP contribution in [0.3, 0.4) is 0 Å². The van der Waals surface area contributed by atoms with E-state index in [-0.39, 0.29) is 18.2 Å². The van der Waals surface area contributed by atoms with Gasteiger partial charge in [-0.25, -0.2) is 10.2 Å². The number of rotatable bonds is 8. The van der Waals surface area contributed by atoms with E-state index in [4.69, 9.17) is 9.47 Å². The van der Waals surface area contributed by atoms with Crippen LogP contribution in [0.2, 0.25) is 0 Å². The molecule has 4 aromatic rings. The van der Waals surface area contributed by atoms with Gasteiger partial charge in [-0.05, 0) is 59.5 Å². The van der Waals surface area contributed by atoms with Crippen LogP contribution in [0.25, 0.3) is 10.8 Å². The molecule has 0 bridgehead atoms. The lowest BCUT2D eigenvalue weighted by molar-refractivity contribution is -0.119. The van der Waals surface area contributed by atoms with E-state index in [1.807, 2.05) is 42.5 Å². The Morgan fingerprint density at radius 1 is 0.943 bits per heavy atom. The number of hydrogen-bond donors (Lipinski definition) is 2. The topological polar surface area (TPSA) is 89.0 Å². The Morgan fingerprint density at radius 2 is 1.71 bits per heavy atom. The van der Waals surface area contributed by atoms with E-state index in [0.29, 0.717) is 16.9 Å². The highest BCUT2D eigenvalue weighted by atomic mass is 79.9. The molecule has 8 heteroatoms. The van der Waals surface area contributed by atoms with Crippen molar-refractivity contribution in [1.82, 2.24) is 5.43 Å². The number of carbonyl (C=O) groups excluding carboxylic acids is 2. The molecule has 0 saturated carbocycles. The third-order valence-corrected chi connectivity index (χ3v) is 5.63. The van der Waals surface area contributed by atoms with Crippen molar-refractivity contribution in [3.63, 3.8) is 0 Å². The Bertz CT molecular complexity index is 1380. The molecule has 0 fully saturated rings. The quantitative estimate of drug-likeness (QED) is 0.138. The van der Waals surface area contributed by atoms with E-state index in [2.05, 4.69) is 31.8 Å². The van der Waals surface area contributed by atoms with Crippen LogP contribution in [-0.2, 0) is 4.79 Å². The van der Waals surface area contributed by atoms with Crippen LogP contribution < -0.4 is 20.2 Å². The van der Waals surface area contributed by atoms with Gasteiger partial charge in [0.15, 0.2) is 11.5 Å². The van der Waals surface area contributed by atoms with Crippen LogP contribution in [0.15, 0.2) is 94.5 Å². The van der Waals surface area contributed by atoms with Crippen LogP contribution in [0.1, 0.15) is 15.9 Å². The predicted molar refractivity (Wildman–Crippen MR) is 140 cm³/mol. The molecule has 0 heterocycles. The highest BCUT2D eigenvalue weighted by molar-refractivity contribution is 9.10. The number of amides is 1. The summed E-state index contributed by atoms with van der Waals surface area (Å²) in [6.45, 7) is 0.0691. The summed E-state index contributed by atoms with van der Waals surface area (Å²) in [5, 5.41) is 9.28. The third kappa shape index (κ3) is 6.24. The minimum absolute atomic E-state index is 0.0691. The number of benzene rings is 4. The van der Waals surface area contributed by atoms with Gasteiger partial charge in [0.25, 0.3) is 5.91 Å². The number of anilines is 1. The summed E-state index contributed by atoms with van der Waals surface area (Å²) in [6, 6.07) is 25.7. The number of nitrogens with one attached hydrogen (secondary N) is 2. The van der Waals surface area contributed by atoms with Crippen molar-refractivity contribution in [1.29, 1.82) is 0 Å². The summed E-state index contributed by atoms with van der Waals surface area (Å²) in [4.78, 5) is 24.6. The number of methoxy groups -OCH3 is 1. The molecule has 0 aliphatic carbocycles. The average Bonchev–Trinajstić information content (AvgIpc) is 2.88. The molecule has 0 saturated heterocycles. The summed E-state index contributed by atoms with van der Waals surface area (Å²) in [5.41, 5.74) is 4.45. The molecular formula is C27H22BrN3O4. The number of hydrogen-bond acceptors (Lipinski definition) is 6. The molecule has 0 radical (unpaired) electrons. The molecule has 0 aliphatic rings. The molecule has 2 N–H and O–H groups in total. The minimum Gasteiger partial charge on any atom is -0.493 e. The summed E-state index contributed by atoms with van der Waals surface area (Å²) in [5.74, 6) is -0.145. The molecular weight excluding hydrogens is 510 g/mol. The van der Waals surface area contributed by atoms with Crippen LogP contribution in [0, 0.1) is 0 Å². The summed E-state index contributed by atoms with van der Waals surface area (Å²) < 4.78 is 11.7. The van der Waals surface area contributed by atoms with Gasteiger partial charge in [0.2, 0.25) is 0 Å². The molecule has 1 amide bonds. The summed E-state index contributed by atoms with van der Waals surface area (Å²) in [7, 11) is 1.48. The maximum atomic E-state index is 12.4. The average molecular weight is 532 g/mol. The van der Waals surface area contributed by atoms with Gasteiger partial charge in [-0.3, -0.25) is 4.79 Å². The van der Waals surface area contributed by atoms with E-state index < -0.39 is 5.97 Å². The first-order chi connectivity index (χ1) is 17.0. The molecule has 4 aromatic carbocycles. The van der Waals surface area contributed by atoms with E-state index in [9.17, 15) is 9.59 Å². The second-order valence-corrected chi connectivity index (χ2v) is 8.40. The van der Waals surface area contributed by atoms with Gasteiger partial charge < -0.3 is 14.8 Å². The van der Waals surface area contributed by atoms with Gasteiger partial charge in [0.1, 0.15) is 0 Å². The number of nitrogens with zero attached hydrogens (tertiary/aromatic N) is 1. The van der Waals surface area contributed by atoms with Crippen LogP contribution in [-0.4, -0.2) is 31.7 Å². The number of halogens is 1. The highest BCUT2D eigenvalue weighted by Crippen LogP contribution is 2.28. The fourth-order valence-corrected chi connectivity index (χ4v) is 3.63. The predicted octanol–water partition coefficient (Wildman–Crippen LogP) is 5.39. The molecule has 0 aliphatic heterocycles. The Morgan fingerprint density at radius 3 is 2.51 bits per heavy atom. The van der Waals surface area contributed by atoms with Crippen molar-refractivity contribution in [3.8, 4) is 11.5 Å². The second-order valence-electron chi connectivity index (χ2n) is 7.48. The number of fused-ring (bicyclic) bond motifs is 1. The third-order valence-electron chi connectivity index (χ3n) is 5.10. The highest BCUT2D eigenvalue weighted by Gasteiger charge is 2.13.